The molecule has 0 saturated heterocycles. The predicted molar refractivity (Wildman–Crippen MR) is 86.9 cm³/mol. The number of nitrogens with zero attached hydrogens (tertiary/aromatic N) is 1. The van der Waals surface area contributed by atoms with E-state index in [1.165, 1.54) is 6.07 Å². The quantitative estimate of drug-likeness (QED) is 0.947. The summed E-state index contributed by atoms with van der Waals surface area (Å²) < 4.78 is 19.5. The van der Waals surface area contributed by atoms with Gasteiger partial charge in [-0.2, -0.15) is 0 Å². The molecule has 5 heteroatoms. The van der Waals surface area contributed by atoms with Crippen LogP contribution < -0.4 is 15.4 Å². The van der Waals surface area contributed by atoms with Crippen molar-refractivity contribution < 1.29 is 13.9 Å². The molecule has 1 heterocycles. The van der Waals surface area contributed by atoms with Gasteiger partial charge < -0.3 is 15.4 Å². The fraction of sp³-hybridized carbons (Fsp3) is 0.278. The molecule has 0 radical (unpaired) electrons. The highest BCUT2D eigenvalue weighted by Crippen LogP contribution is 2.31. The average Bonchev–Trinajstić information content (AvgIpc) is 2.77. The summed E-state index contributed by atoms with van der Waals surface area (Å²) in [6.07, 6.45) is 0.796. The van der Waals surface area contributed by atoms with Crippen LogP contribution in [0.5, 0.6) is 5.75 Å². The Hall–Kier alpha value is -2.40. The number of fused-ring (bicyclic) bond motifs is 1. The molecule has 1 aliphatic rings. The van der Waals surface area contributed by atoms with Gasteiger partial charge in [0.2, 0.25) is 5.91 Å². The molecule has 0 spiro atoms. The largest absolute Gasteiger partial charge is 0.491 e. The molecule has 1 aliphatic heterocycles. The second kappa shape index (κ2) is 6.79. The molecule has 23 heavy (non-hydrogen) atoms. The van der Waals surface area contributed by atoms with E-state index in [2.05, 4.69) is 0 Å². The zero-order valence-electron chi connectivity index (χ0n) is 12.7. The number of amides is 1. The number of anilines is 1. The molecule has 0 unspecified atom stereocenters. The van der Waals surface area contributed by atoms with Crippen LogP contribution in [-0.4, -0.2) is 19.1 Å². The van der Waals surface area contributed by atoms with E-state index in [4.69, 9.17) is 10.5 Å². The summed E-state index contributed by atoms with van der Waals surface area (Å²) in [6.45, 7) is 1.14. The van der Waals surface area contributed by atoms with Crippen LogP contribution in [-0.2, 0) is 4.79 Å². The van der Waals surface area contributed by atoms with Crippen LogP contribution >= 0.6 is 0 Å². The van der Waals surface area contributed by atoms with Gasteiger partial charge in [-0.15, -0.1) is 0 Å². The third-order valence-corrected chi connectivity index (χ3v) is 3.94. The van der Waals surface area contributed by atoms with Gasteiger partial charge in [0.25, 0.3) is 0 Å². The highest BCUT2D eigenvalue weighted by Gasteiger charge is 2.24. The second-order valence-electron chi connectivity index (χ2n) is 5.55. The zero-order valence-corrected chi connectivity index (χ0v) is 12.7. The number of carbonyl (C=O) groups excluding carboxylic acids is 1. The Balaban J connectivity index is 1.79. The number of ether oxygens (including phenoxy) is 1. The molecule has 0 saturated carbocycles. The molecule has 1 atom stereocenters. The molecule has 2 aromatic rings. The second-order valence-corrected chi connectivity index (χ2v) is 5.55. The van der Waals surface area contributed by atoms with Crippen LogP contribution in [0.25, 0.3) is 0 Å². The first-order valence-corrected chi connectivity index (χ1v) is 7.69. The van der Waals surface area contributed by atoms with Crippen molar-refractivity contribution in [3.63, 3.8) is 0 Å². The van der Waals surface area contributed by atoms with Gasteiger partial charge in [0, 0.05) is 24.6 Å². The lowest BCUT2D eigenvalue weighted by molar-refractivity contribution is -0.119. The molecule has 3 rings (SSSR count). The number of hydrogen-bond acceptors (Lipinski definition) is 3. The van der Waals surface area contributed by atoms with E-state index in [-0.39, 0.29) is 18.1 Å². The molecule has 2 N–H and O–H groups in total. The lowest BCUT2D eigenvalue weighted by Gasteiger charge is -2.23. The highest BCUT2D eigenvalue weighted by molar-refractivity contribution is 5.95. The fourth-order valence-electron chi connectivity index (χ4n) is 2.77. The molecule has 2 aromatic carbocycles. The summed E-state index contributed by atoms with van der Waals surface area (Å²) in [4.78, 5) is 14.4. The molecule has 120 valence electrons. The molecule has 0 aliphatic carbocycles. The molecule has 0 bridgehead atoms. The topological polar surface area (TPSA) is 55.6 Å². The number of benzene rings is 2. The van der Waals surface area contributed by atoms with Crippen LogP contribution in [0.2, 0.25) is 0 Å². The summed E-state index contributed by atoms with van der Waals surface area (Å²) >= 11 is 0. The Labute approximate surface area is 134 Å². The van der Waals surface area contributed by atoms with Crippen LogP contribution in [0.1, 0.15) is 24.4 Å². The van der Waals surface area contributed by atoms with E-state index < -0.39 is 6.04 Å². The number of rotatable bonds is 3. The third kappa shape index (κ3) is 3.35. The molecular formula is C18H19FN2O2. The van der Waals surface area contributed by atoms with Crippen LogP contribution in [0, 0.1) is 5.82 Å². The van der Waals surface area contributed by atoms with Crippen molar-refractivity contribution in [1.29, 1.82) is 0 Å². The lowest BCUT2D eigenvalue weighted by atomic mass is 10.0. The van der Waals surface area contributed by atoms with Gasteiger partial charge in [-0.3, -0.25) is 4.79 Å². The Morgan fingerprint density at radius 2 is 1.96 bits per heavy atom. The number of para-hydroxylation sites is 2. The van der Waals surface area contributed by atoms with Crippen molar-refractivity contribution in [1.82, 2.24) is 0 Å². The first-order valence-electron chi connectivity index (χ1n) is 7.69. The van der Waals surface area contributed by atoms with E-state index in [0.29, 0.717) is 24.5 Å². The Morgan fingerprint density at radius 3 is 2.78 bits per heavy atom. The van der Waals surface area contributed by atoms with E-state index in [1.54, 1.807) is 23.1 Å². The van der Waals surface area contributed by atoms with E-state index in [9.17, 15) is 9.18 Å². The summed E-state index contributed by atoms with van der Waals surface area (Å²) in [5.74, 6) is 0.184. The van der Waals surface area contributed by atoms with Gasteiger partial charge in [-0.05, 0) is 24.6 Å². The minimum atomic E-state index is -0.667. The number of halogens is 1. The highest BCUT2D eigenvalue weighted by atomic mass is 19.1. The van der Waals surface area contributed by atoms with Gasteiger partial charge in [-0.25, -0.2) is 4.39 Å². The minimum absolute atomic E-state index is 0.0509. The molecule has 4 nitrogen and oxygen atoms in total. The van der Waals surface area contributed by atoms with Gasteiger partial charge in [-0.1, -0.05) is 30.3 Å². The lowest BCUT2D eigenvalue weighted by Crippen LogP contribution is -2.34. The summed E-state index contributed by atoms with van der Waals surface area (Å²) in [5, 5.41) is 0. The SMILES string of the molecule is N[C@@H](CC(=O)N1CCCOc2ccccc21)c1ccccc1F. The van der Waals surface area contributed by atoms with Crippen molar-refractivity contribution in [2.75, 3.05) is 18.1 Å². The third-order valence-electron chi connectivity index (χ3n) is 3.94. The summed E-state index contributed by atoms with van der Waals surface area (Å²) in [6, 6.07) is 13.1. The van der Waals surface area contributed by atoms with E-state index in [1.807, 2.05) is 24.3 Å². The van der Waals surface area contributed by atoms with Crippen molar-refractivity contribution in [2.24, 2.45) is 5.73 Å². The van der Waals surface area contributed by atoms with Crippen molar-refractivity contribution in [3.05, 3.63) is 59.9 Å². The number of hydrogen-bond donors (Lipinski definition) is 1. The zero-order chi connectivity index (χ0) is 16.2. The minimum Gasteiger partial charge on any atom is -0.491 e. The molecule has 0 fully saturated rings. The predicted octanol–water partition coefficient (Wildman–Crippen LogP) is 3.03. The number of carbonyl (C=O) groups is 1. The maximum Gasteiger partial charge on any atom is 0.229 e. The van der Waals surface area contributed by atoms with Crippen LogP contribution in [0.3, 0.4) is 0 Å². The van der Waals surface area contributed by atoms with Crippen molar-refractivity contribution >= 4 is 11.6 Å². The Bertz CT molecular complexity index is 705. The normalized spacial score (nSPS) is 15.3. The Kier molecular flexibility index (Phi) is 4.57. The van der Waals surface area contributed by atoms with Gasteiger partial charge in [0.15, 0.2) is 0 Å². The van der Waals surface area contributed by atoms with Gasteiger partial charge >= 0.3 is 0 Å². The first kappa shape index (κ1) is 15.5. The Morgan fingerprint density at radius 1 is 1.22 bits per heavy atom. The molecule has 1 amide bonds. The monoisotopic (exact) mass is 314 g/mol. The number of nitrogens with two attached hydrogens (primary N) is 1. The fourth-order valence-corrected chi connectivity index (χ4v) is 2.77. The van der Waals surface area contributed by atoms with Crippen LogP contribution in [0.4, 0.5) is 10.1 Å². The standard InChI is InChI=1S/C18H19FN2O2/c19-14-7-2-1-6-13(14)15(20)12-18(22)21-10-5-11-23-17-9-4-3-8-16(17)21/h1-4,6-9,15H,5,10-12,20H2/t15-/m0/s1. The smallest absolute Gasteiger partial charge is 0.229 e. The van der Waals surface area contributed by atoms with Gasteiger partial charge in [0.05, 0.1) is 12.3 Å². The maximum absolute atomic E-state index is 13.8. The first-order chi connectivity index (χ1) is 11.2. The molecule has 0 aromatic heterocycles. The van der Waals surface area contributed by atoms with Crippen molar-refractivity contribution in [3.8, 4) is 5.75 Å². The van der Waals surface area contributed by atoms with Gasteiger partial charge in [0.1, 0.15) is 11.6 Å². The van der Waals surface area contributed by atoms with Crippen LogP contribution in [0.15, 0.2) is 48.5 Å². The summed E-state index contributed by atoms with van der Waals surface area (Å²) in [5.41, 5.74) is 7.15. The summed E-state index contributed by atoms with van der Waals surface area (Å²) in [7, 11) is 0. The average molecular weight is 314 g/mol. The van der Waals surface area contributed by atoms with E-state index in [0.717, 1.165) is 12.1 Å². The molecular weight excluding hydrogens is 295 g/mol. The van der Waals surface area contributed by atoms with Crippen molar-refractivity contribution in [2.45, 2.75) is 18.9 Å². The van der Waals surface area contributed by atoms with E-state index >= 15 is 0 Å². The maximum atomic E-state index is 13.8.